The topological polar surface area (TPSA) is 71.0 Å². The largest absolute Gasteiger partial charge is 0.493 e. The van der Waals surface area contributed by atoms with Gasteiger partial charge in [0.05, 0.1) is 20.3 Å². The van der Waals surface area contributed by atoms with Gasteiger partial charge in [-0.15, -0.1) is 24.0 Å². The number of halogens is 2. The number of ether oxygens (including phenoxy) is 2. The average Bonchev–Trinajstić information content (AvgIpc) is 3.21. The standard InChI is InChI=1S/C22H30FN5O2.HI/c1-4-24-22(26-14-16-8-9-19(30-5-2)20(13-16)29-3)27-17-10-12-28(15-17)21-18(23)7-6-11-25-21;/h6-9,11,13,17H,4-5,10,12,14-15H2,1-3H3,(H2,24,26,27);1H. The van der Waals surface area contributed by atoms with Crippen LogP contribution in [0.2, 0.25) is 0 Å². The molecule has 0 radical (unpaired) electrons. The van der Waals surface area contributed by atoms with Crippen molar-refractivity contribution in [1.29, 1.82) is 0 Å². The molecule has 7 nitrogen and oxygen atoms in total. The van der Waals surface area contributed by atoms with Crippen molar-refractivity contribution in [1.82, 2.24) is 15.6 Å². The minimum atomic E-state index is -0.289. The number of nitrogens with zero attached hydrogens (tertiary/aromatic N) is 3. The molecule has 1 atom stereocenters. The van der Waals surface area contributed by atoms with E-state index in [-0.39, 0.29) is 35.8 Å². The number of anilines is 1. The third-order valence-electron chi connectivity index (χ3n) is 4.86. The molecule has 0 bridgehead atoms. The minimum absolute atomic E-state index is 0. The Hall–Kier alpha value is -2.30. The van der Waals surface area contributed by atoms with E-state index < -0.39 is 0 Å². The summed E-state index contributed by atoms with van der Waals surface area (Å²) in [5.74, 6) is 2.28. The second-order valence-corrected chi connectivity index (χ2v) is 7.00. The number of aromatic nitrogens is 1. The molecule has 2 N–H and O–H groups in total. The van der Waals surface area contributed by atoms with Crippen molar-refractivity contribution in [2.45, 2.75) is 32.9 Å². The van der Waals surface area contributed by atoms with Crippen LogP contribution in [0.5, 0.6) is 11.5 Å². The Morgan fingerprint density at radius 1 is 1.29 bits per heavy atom. The maximum atomic E-state index is 14.0. The lowest BCUT2D eigenvalue weighted by atomic mass is 10.2. The first-order chi connectivity index (χ1) is 14.6. The highest BCUT2D eigenvalue weighted by Crippen LogP contribution is 2.28. The van der Waals surface area contributed by atoms with E-state index in [1.54, 1.807) is 19.4 Å². The van der Waals surface area contributed by atoms with Crippen LogP contribution in [-0.2, 0) is 6.54 Å². The van der Waals surface area contributed by atoms with E-state index in [4.69, 9.17) is 14.5 Å². The second-order valence-electron chi connectivity index (χ2n) is 7.00. The van der Waals surface area contributed by atoms with Crippen molar-refractivity contribution in [3.05, 3.63) is 47.9 Å². The van der Waals surface area contributed by atoms with E-state index in [2.05, 4.69) is 15.6 Å². The minimum Gasteiger partial charge on any atom is -0.493 e. The number of benzene rings is 1. The Bertz CT molecular complexity index is 868. The van der Waals surface area contributed by atoms with Crippen LogP contribution in [0.3, 0.4) is 0 Å². The Morgan fingerprint density at radius 2 is 2.13 bits per heavy atom. The van der Waals surface area contributed by atoms with Gasteiger partial charge in [-0.05, 0) is 50.1 Å². The molecule has 31 heavy (non-hydrogen) atoms. The van der Waals surface area contributed by atoms with Gasteiger partial charge in [0, 0.05) is 31.9 Å². The van der Waals surface area contributed by atoms with Gasteiger partial charge < -0.3 is 25.0 Å². The van der Waals surface area contributed by atoms with Crippen molar-refractivity contribution in [3.8, 4) is 11.5 Å². The molecule has 0 spiro atoms. The van der Waals surface area contributed by atoms with E-state index in [1.807, 2.05) is 36.9 Å². The van der Waals surface area contributed by atoms with E-state index in [0.29, 0.717) is 31.3 Å². The lowest BCUT2D eigenvalue weighted by Crippen LogP contribution is -2.44. The number of hydrogen-bond donors (Lipinski definition) is 2. The van der Waals surface area contributed by atoms with Gasteiger partial charge in [-0.3, -0.25) is 0 Å². The fourth-order valence-corrected chi connectivity index (χ4v) is 3.45. The molecule has 1 saturated heterocycles. The third kappa shape index (κ3) is 6.84. The summed E-state index contributed by atoms with van der Waals surface area (Å²) in [6, 6.07) is 9.06. The van der Waals surface area contributed by atoms with Crippen molar-refractivity contribution in [3.63, 3.8) is 0 Å². The summed E-state index contributed by atoms with van der Waals surface area (Å²) in [6.45, 7) is 7.24. The highest BCUT2D eigenvalue weighted by molar-refractivity contribution is 14.0. The van der Waals surface area contributed by atoms with Crippen LogP contribution in [-0.4, -0.2) is 50.3 Å². The van der Waals surface area contributed by atoms with Crippen LogP contribution < -0.4 is 25.0 Å². The zero-order valence-electron chi connectivity index (χ0n) is 18.2. The van der Waals surface area contributed by atoms with Crippen molar-refractivity contribution in [2.75, 3.05) is 38.3 Å². The molecule has 2 aromatic rings. The monoisotopic (exact) mass is 543 g/mol. The van der Waals surface area contributed by atoms with Crippen LogP contribution >= 0.6 is 24.0 Å². The zero-order valence-corrected chi connectivity index (χ0v) is 20.6. The molecule has 3 rings (SSSR count). The quantitative estimate of drug-likeness (QED) is 0.302. The van der Waals surface area contributed by atoms with Crippen LogP contribution in [0.4, 0.5) is 10.2 Å². The molecule has 1 aromatic heterocycles. The normalized spacial score (nSPS) is 15.9. The summed E-state index contributed by atoms with van der Waals surface area (Å²) in [5, 5.41) is 6.74. The number of nitrogens with one attached hydrogen (secondary N) is 2. The molecule has 1 aliphatic rings. The second kappa shape index (κ2) is 12.5. The van der Waals surface area contributed by atoms with E-state index >= 15 is 0 Å². The fraction of sp³-hybridized carbons (Fsp3) is 0.455. The molecule has 1 fully saturated rings. The number of aliphatic imine (C=N–C) groups is 1. The van der Waals surface area contributed by atoms with Crippen molar-refractivity contribution >= 4 is 35.8 Å². The molecule has 1 aromatic carbocycles. The molecule has 9 heteroatoms. The molecule has 1 unspecified atom stereocenters. The van der Waals surface area contributed by atoms with Gasteiger partial charge in [-0.1, -0.05) is 6.07 Å². The molecule has 2 heterocycles. The highest BCUT2D eigenvalue weighted by Gasteiger charge is 2.25. The van der Waals surface area contributed by atoms with Gasteiger partial charge in [0.2, 0.25) is 0 Å². The summed E-state index contributed by atoms with van der Waals surface area (Å²) in [5.41, 5.74) is 1.02. The molecule has 0 aliphatic carbocycles. The van der Waals surface area contributed by atoms with Gasteiger partial charge in [0.25, 0.3) is 0 Å². The summed E-state index contributed by atoms with van der Waals surface area (Å²) in [7, 11) is 1.63. The summed E-state index contributed by atoms with van der Waals surface area (Å²) < 4.78 is 25.0. The van der Waals surface area contributed by atoms with Gasteiger partial charge in [-0.2, -0.15) is 0 Å². The smallest absolute Gasteiger partial charge is 0.191 e. The lowest BCUT2D eigenvalue weighted by Gasteiger charge is -2.20. The summed E-state index contributed by atoms with van der Waals surface area (Å²) >= 11 is 0. The summed E-state index contributed by atoms with van der Waals surface area (Å²) in [6.07, 6.45) is 2.51. The maximum Gasteiger partial charge on any atom is 0.191 e. The van der Waals surface area contributed by atoms with Crippen molar-refractivity contribution < 1.29 is 13.9 Å². The number of hydrogen-bond acceptors (Lipinski definition) is 5. The highest BCUT2D eigenvalue weighted by atomic mass is 127. The summed E-state index contributed by atoms with van der Waals surface area (Å²) in [4.78, 5) is 10.8. The van der Waals surface area contributed by atoms with Crippen molar-refractivity contribution in [2.24, 2.45) is 4.99 Å². The molecule has 0 saturated carbocycles. The van der Waals surface area contributed by atoms with Gasteiger partial charge in [0.15, 0.2) is 29.1 Å². The van der Waals surface area contributed by atoms with Gasteiger partial charge in [-0.25, -0.2) is 14.4 Å². The van der Waals surface area contributed by atoms with Crippen LogP contribution in [0.1, 0.15) is 25.8 Å². The van der Waals surface area contributed by atoms with E-state index in [1.165, 1.54) is 6.07 Å². The predicted molar refractivity (Wildman–Crippen MR) is 132 cm³/mol. The number of pyridine rings is 1. The number of methoxy groups -OCH3 is 1. The molecule has 170 valence electrons. The SMILES string of the molecule is CCNC(=NCc1ccc(OCC)c(OC)c1)NC1CCN(c2ncccc2F)C1.I. The third-order valence-corrected chi connectivity index (χ3v) is 4.86. The Morgan fingerprint density at radius 3 is 2.84 bits per heavy atom. The lowest BCUT2D eigenvalue weighted by molar-refractivity contribution is 0.310. The van der Waals surface area contributed by atoms with E-state index in [0.717, 1.165) is 36.8 Å². The first-order valence-corrected chi connectivity index (χ1v) is 10.3. The fourth-order valence-electron chi connectivity index (χ4n) is 3.45. The number of guanidine groups is 1. The molecular weight excluding hydrogens is 512 g/mol. The Kier molecular flexibility index (Phi) is 10.1. The first-order valence-electron chi connectivity index (χ1n) is 10.3. The Balaban J connectivity index is 0.00000341. The predicted octanol–water partition coefficient (Wildman–Crippen LogP) is 3.58. The average molecular weight is 543 g/mol. The van der Waals surface area contributed by atoms with E-state index in [9.17, 15) is 4.39 Å². The maximum absolute atomic E-state index is 14.0. The van der Waals surface area contributed by atoms with Crippen LogP contribution in [0, 0.1) is 5.82 Å². The van der Waals surface area contributed by atoms with Crippen LogP contribution in [0.25, 0.3) is 0 Å². The van der Waals surface area contributed by atoms with Gasteiger partial charge in [0.1, 0.15) is 0 Å². The van der Waals surface area contributed by atoms with Crippen LogP contribution in [0.15, 0.2) is 41.5 Å². The molecule has 1 aliphatic heterocycles. The first kappa shape index (κ1) is 25.0. The number of rotatable bonds is 8. The van der Waals surface area contributed by atoms with Gasteiger partial charge >= 0.3 is 0 Å². The molecule has 0 amide bonds. The zero-order chi connectivity index (χ0) is 21.3. The Labute approximate surface area is 200 Å². The molecular formula is C22H31FIN5O2.